The molecule has 1 aromatic heterocycles. The number of thioether (sulfide) groups is 1. The first-order chi connectivity index (χ1) is 8.72. The van der Waals surface area contributed by atoms with Crippen LogP contribution in [-0.4, -0.2) is 11.2 Å². The molecule has 0 aliphatic rings. The maximum absolute atomic E-state index is 4.42. The van der Waals surface area contributed by atoms with Gasteiger partial charge < -0.3 is 0 Å². The summed E-state index contributed by atoms with van der Waals surface area (Å²) in [5.74, 6) is 0.353. The molecule has 0 saturated carbocycles. The number of hydrogen-bond donors (Lipinski definition) is 0. The van der Waals surface area contributed by atoms with E-state index in [1.165, 1.54) is 10.5 Å². The van der Waals surface area contributed by atoms with E-state index < -0.39 is 0 Å². The van der Waals surface area contributed by atoms with Gasteiger partial charge in [0.05, 0.1) is 0 Å². The van der Waals surface area contributed by atoms with Gasteiger partial charge in [-0.15, -0.1) is 11.8 Å². The van der Waals surface area contributed by atoms with Crippen LogP contribution in [0.5, 0.6) is 0 Å². The Hall–Kier alpha value is -0.800. The van der Waals surface area contributed by atoms with Crippen molar-refractivity contribution >= 4 is 27.7 Å². The largest absolute Gasteiger partial charge is 0.261 e. The van der Waals surface area contributed by atoms with Gasteiger partial charge in [0.1, 0.15) is 0 Å². The Morgan fingerprint density at radius 2 is 1.83 bits per heavy atom. The molecule has 0 spiro atoms. The first kappa shape index (κ1) is 13.6. The van der Waals surface area contributed by atoms with Crippen LogP contribution in [-0.2, 0) is 0 Å². The van der Waals surface area contributed by atoms with Crippen molar-refractivity contribution in [1.29, 1.82) is 0 Å². The predicted octanol–water partition coefficient (Wildman–Crippen LogP) is 5.04. The molecule has 3 heteroatoms. The molecule has 2 aromatic rings. The Morgan fingerprint density at radius 3 is 2.39 bits per heavy atom. The summed E-state index contributed by atoms with van der Waals surface area (Å²) < 4.78 is 0. The molecular weight excluding hydrogens is 306 g/mol. The maximum Gasteiger partial charge on any atom is 0.0476 e. The van der Waals surface area contributed by atoms with E-state index in [1.807, 2.05) is 18.3 Å². The molecule has 18 heavy (non-hydrogen) atoms. The van der Waals surface area contributed by atoms with E-state index in [0.717, 1.165) is 5.69 Å². The Morgan fingerprint density at radius 1 is 1.11 bits per heavy atom. The smallest absolute Gasteiger partial charge is 0.0476 e. The molecular formula is C15H16BrNS. The monoisotopic (exact) mass is 321 g/mol. The summed E-state index contributed by atoms with van der Waals surface area (Å²) >= 11 is 5.55. The summed E-state index contributed by atoms with van der Waals surface area (Å²) in [7, 11) is 0. The second-order valence-electron chi connectivity index (χ2n) is 4.22. The molecule has 1 nitrogen and oxygen atoms in total. The molecule has 2 unspecified atom stereocenters. The predicted molar refractivity (Wildman–Crippen MR) is 82.5 cm³/mol. The van der Waals surface area contributed by atoms with Crippen LogP contribution in [0.1, 0.15) is 28.9 Å². The fourth-order valence-corrected chi connectivity index (χ4v) is 2.86. The normalized spacial score (nSPS) is 14.2. The van der Waals surface area contributed by atoms with E-state index in [4.69, 9.17) is 0 Å². The highest BCUT2D eigenvalue weighted by atomic mass is 79.9. The van der Waals surface area contributed by atoms with Crippen molar-refractivity contribution in [2.24, 2.45) is 0 Å². The highest BCUT2D eigenvalue weighted by molar-refractivity contribution is 9.09. The van der Waals surface area contributed by atoms with E-state index in [1.54, 1.807) is 11.8 Å². The van der Waals surface area contributed by atoms with Crippen molar-refractivity contribution in [2.75, 3.05) is 6.26 Å². The van der Waals surface area contributed by atoms with Crippen LogP contribution in [0.25, 0.3) is 0 Å². The van der Waals surface area contributed by atoms with Gasteiger partial charge in [-0.05, 0) is 36.1 Å². The molecule has 0 amide bonds. The minimum absolute atomic E-state index is 0.295. The lowest BCUT2D eigenvalue weighted by Gasteiger charge is -2.18. The lowest BCUT2D eigenvalue weighted by molar-refractivity contribution is 0.724. The molecule has 0 radical (unpaired) electrons. The molecule has 0 fully saturated rings. The van der Waals surface area contributed by atoms with Gasteiger partial charge >= 0.3 is 0 Å². The minimum atomic E-state index is 0.295. The van der Waals surface area contributed by atoms with E-state index in [2.05, 4.69) is 64.4 Å². The number of hydrogen-bond acceptors (Lipinski definition) is 2. The molecule has 1 aromatic carbocycles. The van der Waals surface area contributed by atoms with Crippen molar-refractivity contribution < 1.29 is 0 Å². The average molecular weight is 322 g/mol. The van der Waals surface area contributed by atoms with Crippen molar-refractivity contribution in [3.63, 3.8) is 0 Å². The quantitative estimate of drug-likeness (QED) is 0.577. The van der Waals surface area contributed by atoms with Crippen LogP contribution < -0.4 is 0 Å². The number of alkyl halides is 1. The van der Waals surface area contributed by atoms with E-state index in [9.17, 15) is 0 Å². The van der Waals surface area contributed by atoms with Gasteiger partial charge in [0.25, 0.3) is 0 Å². The summed E-state index contributed by atoms with van der Waals surface area (Å²) in [5.41, 5.74) is 2.42. The summed E-state index contributed by atoms with van der Waals surface area (Å²) in [6.45, 7) is 2.20. The molecule has 94 valence electrons. The van der Waals surface area contributed by atoms with E-state index in [-0.39, 0.29) is 0 Å². The summed E-state index contributed by atoms with van der Waals surface area (Å²) in [6.07, 6.45) is 3.94. The number of nitrogens with zero attached hydrogens (tertiary/aromatic N) is 1. The molecule has 2 atom stereocenters. The van der Waals surface area contributed by atoms with Gasteiger partial charge in [-0.3, -0.25) is 4.98 Å². The average Bonchev–Trinajstić information content (AvgIpc) is 2.47. The van der Waals surface area contributed by atoms with Crippen molar-refractivity contribution in [1.82, 2.24) is 4.98 Å². The molecule has 2 rings (SSSR count). The second kappa shape index (κ2) is 6.39. The zero-order valence-electron chi connectivity index (χ0n) is 10.5. The number of benzene rings is 1. The number of halogens is 1. The lowest BCUT2D eigenvalue weighted by Crippen LogP contribution is -2.03. The number of rotatable bonds is 4. The highest BCUT2D eigenvalue weighted by Crippen LogP contribution is 2.37. The zero-order valence-corrected chi connectivity index (χ0v) is 12.9. The molecule has 0 aliphatic carbocycles. The Bertz CT molecular complexity index is 484. The van der Waals surface area contributed by atoms with Gasteiger partial charge in [0, 0.05) is 27.5 Å². The Labute approximate surface area is 121 Å². The topological polar surface area (TPSA) is 12.9 Å². The number of pyridine rings is 1. The first-order valence-electron chi connectivity index (χ1n) is 5.91. The van der Waals surface area contributed by atoms with E-state index >= 15 is 0 Å². The zero-order chi connectivity index (χ0) is 13.0. The minimum Gasteiger partial charge on any atom is -0.261 e. The van der Waals surface area contributed by atoms with Gasteiger partial charge in [0.15, 0.2) is 0 Å². The SMILES string of the molecule is CSc1ccc(C(Br)C(C)c2ccccn2)cc1. The third kappa shape index (κ3) is 3.15. The number of aromatic nitrogens is 1. The molecule has 1 heterocycles. The molecule has 0 aliphatic heterocycles. The van der Waals surface area contributed by atoms with Crippen LogP contribution in [0.2, 0.25) is 0 Å². The first-order valence-corrected chi connectivity index (χ1v) is 8.05. The van der Waals surface area contributed by atoms with Crippen LogP contribution in [0.3, 0.4) is 0 Å². The third-order valence-electron chi connectivity index (χ3n) is 3.03. The lowest BCUT2D eigenvalue weighted by atomic mass is 9.97. The molecule has 0 bridgehead atoms. The van der Waals surface area contributed by atoms with Crippen LogP contribution in [0.4, 0.5) is 0 Å². The Balaban J connectivity index is 2.17. The van der Waals surface area contributed by atoms with E-state index in [0.29, 0.717) is 10.7 Å². The van der Waals surface area contributed by atoms with Gasteiger partial charge in [-0.2, -0.15) is 0 Å². The molecule has 0 saturated heterocycles. The maximum atomic E-state index is 4.42. The van der Waals surface area contributed by atoms with Gasteiger partial charge in [-0.25, -0.2) is 0 Å². The second-order valence-corrected chi connectivity index (χ2v) is 6.08. The summed E-state index contributed by atoms with van der Waals surface area (Å²) in [4.78, 5) is 6.01. The van der Waals surface area contributed by atoms with Crippen LogP contribution in [0, 0.1) is 0 Å². The van der Waals surface area contributed by atoms with Gasteiger partial charge in [-0.1, -0.05) is 41.1 Å². The van der Waals surface area contributed by atoms with Crippen LogP contribution in [0.15, 0.2) is 53.6 Å². The summed E-state index contributed by atoms with van der Waals surface area (Å²) in [5, 5.41) is 0. The Kier molecular flexibility index (Phi) is 4.84. The fourth-order valence-electron chi connectivity index (χ4n) is 1.87. The third-order valence-corrected chi connectivity index (χ3v) is 5.09. The highest BCUT2D eigenvalue weighted by Gasteiger charge is 2.18. The van der Waals surface area contributed by atoms with Gasteiger partial charge in [0.2, 0.25) is 0 Å². The standard InChI is InChI=1S/C15H16BrNS/c1-11(14-5-3-4-10-17-14)15(16)12-6-8-13(18-2)9-7-12/h3-11,15H,1-2H3. The molecule has 0 N–H and O–H groups in total. The summed E-state index contributed by atoms with van der Waals surface area (Å²) in [6, 6.07) is 14.8. The van der Waals surface area contributed by atoms with Crippen molar-refractivity contribution in [2.45, 2.75) is 22.6 Å². The van der Waals surface area contributed by atoms with Crippen molar-refractivity contribution in [3.8, 4) is 0 Å². The van der Waals surface area contributed by atoms with Crippen LogP contribution >= 0.6 is 27.7 Å². The van der Waals surface area contributed by atoms with Crippen molar-refractivity contribution in [3.05, 3.63) is 59.9 Å². The fraction of sp³-hybridized carbons (Fsp3) is 0.267.